The molecule has 0 spiro atoms. The van der Waals surface area contributed by atoms with E-state index in [1.54, 1.807) is 0 Å². The molecule has 0 aliphatic carbocycles. The Balaban J connectivity index is 1.98. The number of pyridine rings is 1. The zero-order chi connectivity index (χ0) is 14.5. The van der Waals surface area contributed by atoms with Gasteiger partial charge in [0.25, 0.3) is 0 Å². The number of hydrogen-bond donors (Lipinski definition) is 0. The van der Waals surface area contributed by atoms with Crippen molar-refractivity contribution in [2.75, 3.05) is 0 Å². The lowest BCUT2D eigenvalue weighted by molar-refractivity contribution is 0.00578. The van der Waals surface area contributed by atoms with E-state index in [1.165, 1.54) is 0 Å². The van der Waals surface area contributed by atoms with Crippen molar-refractivity contribution in [1.82, 2.24) is 4.98 Å². The summed E-state index contributed by atoms with van der Waals surface area (Å²) in [7, 11) is -0.314. The molecule has 0 N–H and O–H groups in total. The summed E-state index contributed by atoms with van der Waals surface area (Å²) in [5, 5.41) is 1.11. The largest absolute Gasteiger partial charge is 0.494 e. The number of aryl methyl sites for hydroxylation is 1. The van der Waals surface area contributed by atoms with Gasteiger partial charge in [-0.15, -0.1) is 0 Å². The van der Waals surface area contributed by atoms with Gasteiger partial charge in [-0.2, -0.15) is 0 Å². The third-order valence-electron chi connectivity index (χ3n) is 4.38. The van der Waals surface area contributed by atoms with Crippen LogP contribution in [0.1, 0.15) is 33.4 Å². The average molecular weight is 269 g/mol. The maximum absolute atomic E-state index is 6.08. The number of aromatic nitrogens is 1. The first kappa shape index (κ1) is 13.6. The fraction of sp³-hybridized carbons (Fsp3) is 0.438. The van der Waals surface area contributed by atoms with Crippen LogP contribution in [0.4, 0.5) is 0 Å². The van der Waals surface area contributed by atoms with Gasteiger partial charge in [0.1, 0.15) is 0 Å². The van der Waals surface area contributed by atoms with Gasteiger partial charge in [0, 0.05) is 5.69 Å². The molecule has 3 rings (SSSR count). The van der Waals surface area contributed by atoms with Crippen molar-refractivity contribution in [3.8, 4) is 0 Å². The molecular formula is C16H20BNO2. The van der Waals surface area contributed by atoms with E-state index in [0.29, 0.717) is 0 Å². The fourth-order valence-corrected chi connectivity index (χ4v) is 2.37. The Morgan fingerprint density at radius 1 is 0.950 bits per heavy atom. The maximum atomic E-state index is 6.08. The number of fused-ring (bicyclic) bond motifs is 1. The van der Waals surface area contributed by atoms with Crippen LogP contribution in [-0.4, -0.2) is 23.3 Å². The SMILES string of the molecule is Cc1ccc2cc(B3OC(C)(C)C(C)(C)O3)ccc2n1. The van der Waals surface area contributed by atoms with Crippen LogP contribution in [0.3, 0.4) is 0 Å². The molecule has 0 radical (unpaired) electrons. The molecule has 1 saturated heterocycles. The van der Waals surface area contributed by atoms with Crippen LogP contribution in [0.2, 0.25) is 0 Å². The van der Waals surface area contributed by atoms with Gasteiger partial charge in [0.2, 0.25) is 0 Å². The Morgan fingerprint density at radius 3 is 2.25 bits per heavy atom. The maximum Gasteiger partial charge on any atom is 0.494 e. The Kier molecular flexibility index (Phi) is 2.92. The van der Waals surface area contributed by atoms with E-state index >= 15 is 0 Å². The highest BCUT2D eigenvalue weighted by atomic mass is 16.7. The lowest BCUT2D eigenvalue weighted by Crippen LogP contribution is -2.41. The Labute approximate surface area is 120 Å². The van der Waals surface area contributed by atoms with Gasteiger partial charge in [0.05, 0.1) is 16.7 Å². The van der Waals surface area contributed by atoms with Crippen LogP contribution in [0.15, 0.2) is 30.3 Å². The third kappa shape index (κ3) is 2.13. The summed E-state index contributed by atoms with van der Waals surface area (Å²) >= 11 is 0. The van der Waals surface area contributed by atoms with E-state index in [4.69, 9.17) is 9.31 Å². The molecule has 1 aromatic carbocycles. The van der Waals surface area contributed by atoms with Crippen molar-refractivity contribution in [2.24, 2.45) is 0 Å². The highest BCUT2D eigenvalue weighted by molar-refractivity contribution is 6.62. The first-order valence-corrected chi connectivity index (χ1v) is 7.01. The smallest absolute Gasteiger partial charge is 0.399 e. The Hall–Kier alpha value is -1.39. The number of benzene rings is 1. The minimum Gasteiger partial charge on any atom is -0.399 e. The third-order valence-corrected chi connectivity index (χ3v) is 4.38. The second-order valence-corrected chi connectivity index (χ2v) is 6.49. The predicted octanol–water partition coefficient (Wildman–Crippen LogP) is 2.84. The molecule has 104 valence electrons. The van der Waals surface area contributed by atoms with E-state index in [-0.39, 0.29) is 18.3 Å². The van der Waals surface area contributed by atoms with Crippen molar-refractivity contribution < 1.29 is 9.31 Å². The summed E-state index contributed by atoms with van der Waals surface area (Å²) in [5.74, 6) is 0. The van der Waals surface area contributed by atoms with Crippen molar-refractivity contribution in [2.45, 2.75) is 45.8 Å². The lowest BCUT2D eigenvalue weighted by Gasteiger charge is -2.32. The van der Waals surface area contributed by atoms with E-state index < -0.39 is 0 Å². The summed E-state index contributed by atoms with van der Waals surface area (Å²) in [6.07, 6.45) is 0. The molecule has 0 bridgehead atoms. The van der Waals surface area contributed by atoms with Gasteiger partial charge in [0.15, 0.2) is 0 Å². The van der Waals surface area contributed by atoms with E-state index in [0.717, 1.165) is 22.1 Å². The normalized spacial score (nSPS) is 20.6. The summed E-state index contributed by atoms with van der Waals surface area (Å²) in [6.45, 7) is 10.3. The summed E-state index contributed by atoms with van der Waals surface area (Å²) < 4.78 is 12.2. The zero-order valence-corrected chi connectivity index (χ0v) is 12.7. The summed E-state index contributed by atoms with van der Waals surface area (Å²) in [5.41, 5.74) is 2.46. The van der Waals surface area contributed by atoms with Gasteiger partial charge in [-0.1, -0.05) is 18.2 Å². The van der Waals surface area contributed by atoms with Crippen LogP contribution < -0.4 is 5.46 Å². The number of hydrogen-bond acceptors (Lipinski definition) is 3. The van der Waals surface area contributed by atoms with Gasteiger partial charge in [-0.25, -0.2) is 0 Å². The molecule has 1 aromatic heterocycles. The van der Waals surface area contributed by atoms with Crippen LogP contribution >= 0.6 is 0 Å². The molecule has 0 amide bonds. The second-order valence-electron chi connectivity index (χ2n) is 6.49. The zero-order valence-electron chi connectivity index (χ0n) is 12.7. The quantitative estimate of drug-likeness (QED) is 0.746. The molecule has 1 aliphatic heterocycles. The van der Waals surface area contributed by atoms with Crippen molar-refractivity contribution >= 4 is 23.5 Å². The first-order valence-electron chi connectivity index (χ1n) is 7.01. The molecule has 1 fully saturated rings. The molecule has 1 aliphatic rings. The van der Waals surface area contributed by atoms with Crippen molar-refractivity contribution in [1.29, 1.82) is 0 Å². The molecule has 3 nitrogen and oxygen atoms in total. The van der Waals surface area contributed by atoms with Crippen LogP contribution in [-0.2, 0) is 9.31 Å². The molecular weight excluding hydrogens is 249 g/mol. The molecule has 0 atom stereocenters. The number of nitrogens with zero attached hydrogens (tertiary/aromatic N) is 1. The number of rotatable bonds is 1. The van der Waals surface area contributed by atoms with E-state index in [2.05, 4.69) is 44.8 Å². The Morgan fingerprint density at radius 2 is 1.60 bits per heavy atom. The van der Waals surface area contributed by atoms with Crippen molar-refractivity contribution in [3.05, 3.63) is 36.0 Å². The topological polar surface area (TPSA) is 31.4 Å². The minimum atomic E-state index is -0.314. The van der Waals surface area contributed by atoms with Crippen LogP contribution in [0.5, 0.6) is 0 Å². The summed E-state index contributed by atoms with van der Waals surface area (Å²) in [4.78, 5) is 4.52. The average Bonchev–Trinajstić information content (AvgIpc) is 2.58. The van der Waals surface area contributed by atoms with Crippen molar-refractivity contribution in [3.63, 3.8) is 0 Å². The van der Waals surface area contributed by atoms with Gasteiger partial charge >= 0.3 is 7.12 Å². The standard InChI is InChI=1S/C16H20BNO2/c1-11-6-7-12-10-13(8-9-14(12)18-11)17-19-15(2,3)16(4,5)20-17/h6-10H,1-5H3. The predicted molar refractivity (Wildman–Crippen MR) is 82.2 cm³/mol. The molecule has 0 saturated carbocycles. The van der Waals surface area contributed by atoms with E-state index in [9.17, 15) is 0 Å². The second kappa shape index (κ2) is 4.30. The molecule has 2 aromatic rings. The summed E-state index contributed by atoms with van der Waals surface area (Å²) in [6, 6.07) is 10.3. The molecule has 2 heterocycles. The van der Waals surface area contributed by atoms with Crippen LogP contribution in [0.25, 0.3) is 10.9 Å². The monoisotopic (exact) mass is 269 g/mol. The molecule has 4 heteroatoms. The van der Waals surface area contributed by atoms with Gasteiger partial charge in [-0.05, 0) is 57.6 Å². The molecule has 0 unspecified atom stereocenters. The fourth-order valence-electron chi connectivity index (χ4n) is 2.37. The molecule has 20 heavy (non-hydrogen) atoms. The highest BCUT2D eigenvalue weighted by Crippen LogP contribution is 2.36. The minimum absolute atomic E-state index is 0.307. The van der Waals surface area contributed by atoms with Crippen LogP contribution in [0, 0.1) is 6.92 Å². The first-order chi connectivity index (χ1) is 9.28. The van der Waals surface area contributed by atoms with Gasteiger partial charge in [-0.3, -0.25) is 4.98 Å². The van der Waals surface area contributed by atoms with Gasteiger partial charge < -0.3 is 9.31 Å². The highest BCUT2D eigenvalue weighted by Gasteiger charge is 2.51. The lowest BCUT2D eigenvalue weighted by atomic mass is 9.78. The Bertz CT molecular complexity index is 651. The van der Waals surface area contributed by atoms with E-state index in [1.807, 2.05) is 25.1 Å².